The lowest BCUT2D eigenvalue weighted by Gasteiger charge is -2.23. The van der Waals surface area contributed by atoms with Gasteiger partial charge in [0.1, 0.15) is 17.0 Å². The summed E-state index contributed by atoms with van der Waals surface area (Å²) in [6.07, 6.45) is 0. The van der Waals surface area contributed by atoms with Crippen molar-refractivity contribution in [1.29, 1.82) is 5.26 Å². The number of hydrazine groups is 1. The zero-order chi connectivity index (χ0) is 17.0. The second kappa shape index (κ2) is 7.32. The summed E-state index contributed by atoms with van der Waals surface area (Å²) in [5.74, 6) is 0.104. The Balaban J connectivity index is 2.29. The molecule has 1 aromatic heterocycles. The zero-order valence-corrected chi connectivity index (χ0v) is 14.1. The molecule has 1 aromatic carbocycles. The van der Waals surface area contributed by atoms with Gasteiger partial charge < -0.3 is 0 Å². The Bertz CT molecular complexity index is 763. The summed E-state index contributed by atoms with van der Waals surface area (Å²) in [7, 11) is 0. The molecule has 23 heavy (non-hydrogen) atoms. The number of benzene rings is 1. The number of pyridine rings is 1. The number of hydrogen-bond acceptors (Lipinski definition) is 4. The quantitative estimate of drug-likeness (QED) is 0.674. The Morgan fingerprint density at radius 3 is 2.65 bits per heavy atom. The van der Waals surface area contributed by atoms with E-state index >= 15 is 0 Å². The molecule has 1 amide bonds. The fraction of sp³-hybridized carbons (Fsp3) is 0.188. The minimum absolute atomic E-state index is 0.105. The van der Waals surface area contributed by atoms with Crippen molar-refractivity contribution in [1.82, 2.24) is 10.4 Å². The monoisotopic (exact) mass is 348 g/mol. The van der Waals surface area contributed by atoms with Crippen LogP contribution in [0.4, 0.5) is 5.82 Å². The van der Waals surface area contributed by atoms with Gasteiger partial charge in [-0.1, -0.05) is 35.3 Å². The molecular weight excluding hydrogens is 335 g/mol. The van der Waals surface area contributed by atoms with Gasteiger partial charge in [-0.3, -0.25) is 15.2 Å². The van der Waals surface area contributed by atoms with E-state index in [9.17, 15) is 4.79 Å². The molecular formula is C16H14Cl2N4O. The van der Waals surface area contributed by atoms with E-state index in [1.807, 2.05) is 13.0 Å². The first-order valence-corrected chi connectivity index (χ1v) is 7.63. The van der Waals surface area contributed by atoms with Crippen LogP contribution < -0.4 is 10.4 Å². The van der Waals surface area contributed by atoms with Crippen molar-refractivity contribution in [3.63, 3.8) is 0 Å². The molecule has 0 fully saturated rings. The first kappa shape index (κ1) is 17.1. The van der Waals surface area contributed by atoms with Crippen molar-refractivity contribution in [2.45, 2.75) is 13.8 Å². The molecule has 5 nitrogen and oxygen atoms in total. The number of anilines is 1. The third-order valence-electron chi connectivity index (χ3n) is 3.22. The van der Waals surface area contributed by atoms with E-state index in [0.29, 0.717) is 34.1 Å². The maximum Gasteiger partial charge on any atom is 0.271 e. The van der Waals surface area contributed by atoms with E-state index in [1.54, 1.807) is 42.3 Å². The van der Waals surface area contributed by atoms with Crippen molar-refractivity contribution < 1.29 is 4.79 Å². The first-order chi connectivity index (χ1) is 11.0. The summed E-state index contributed by atoms with van der Waals surface area (Å²) in [5, 5.41) is 11.1. The van der Waals surface area contributed by atoms with Gasteiger partial charge in [0, 0.05) is 6.54 Å². The SMILES string of the molecule is CCN(NC(=O)c1ccccc1Cl)c1cc(C)c(C#N)c(Cl)n1. The van der Waals surface area contributed by atoms with Crippen molar-refractivity contribution in [2.24, 2.45) is 0 Å². The molecule has 118 valence electrons. The van der Waals surface area contributed by atoms with Crippen molar-refractivity contribution >= 4 is 34.9 Å². The molecule has 0 aliphatic heterocycles. The number of rotatable bonds is 4. The molecule has 2 rings (SSSR count). The summed E-state index contributed by atoms with van der Waals surface area (Å²) in [5.41, 5.74) is 4.11. The van der Waals surface area contributed by atoms with Crippen LogP contribution in [0.2, 0.25) is 10.2 Å². The normalized spacial score (nSPS) is 10.0. The van der Waals surface area contributed by atoms with Crippen LogP contribution >= 0.6 is 23.2 Å². The molecule has 1 heterocycles. The molecule has 0 saturated carbocycles. The molecule has 0 aliphatic carbocycles. The lowest BCUT2D eigenvalue weighted by Crippen LogP contribution is -2.43. The Labute approximate surface area is 144 Å². The van der Waals surface area contributed by atoms with E-state index in [2.05, 4.69) is 10.4 Å². The number of nitrogens with one attached hydrogen (secondary N) is 1. The Hall–Kier alpha value is -2.29. The summed E-state index contributed by atoms with van der Waals surface area (Å²) in [4.78, 5) is 16.5. The summed E-state index contributed by atoms with van der Waals surface area (Å²) in [6, 6.07) is 10.5. The van der Waals surface area contributed by atoms with Crippen LogP contribution in [0.3, 0.4) is 0 Å². The van der Waals surface area contributed by atoms with Gasteiger partial charge in [-0.05, 0) is 37.6 Å². The highest BCUT2D eigenvalue weighted by atomic mass is 35.5. The minimum Gasteiger partial charge on any atom is -0.268 e. The highest BCUT2D eigenvalue weighted by molar-refractivity contribution is 6.33. The number of carbonyl (C=O) groups excluding carboxylic acids is 1. The molecule has 0 unspecified atom stereocenters. The van der Waals surface area contributed by atoms with Crippen LogP contribution in [-0.4, -0.2) is 17.4 Å². The topological polar surface area (TPSA) is 69.0 Å². The zero-order valence-electron chi connectivity index (χ0n) is 12.6. The van der Waals surface area contributed by atoms with Gasteiger partial charge in [-0.25, -0.2) is 4.98 Å². The van der Waals surface area contributed by atoms with Gasteiger partial charge in [-0.15, -0.1) is 0 Å². The smallest absolute Gasteiger partial charge is 0.268 e. The second-order valence-corrected chi connectivity index (χ2v) is 5.51. The van der Waals surface area contributed by atoms with Gasteiger partial charge in [0.2, 0.25) is 0 Å². The predicted octanol–water partition coefficient (Wildman–Crippen LogP) is 3.74. The molecule has 1 N–H and O–H groups in total. The van der Waals surface area contributed by atoms with E-state index in [4.69, 9.17) is 28.5 Å². The maximum atomic E-state index is 12.4. The standard InChI is InChI=1S/C16H14Cl2N4O/c1-3-22(14-8-10(2)12(9-19)15(18)20-14)21-16(23)11-6-4-5-7-13(11)17/h4-8H,3H2,1-2H3,(H,21,23). The predicted molar refractivity (Wildman–Crippen MR) is 90.6 cm³/mol. The minimum atomic E-state index is -0.350. The molecule has 0 aliphatic rings. The van der Waals surface area contributed by atoms with Crippen LogP contribution in [-0.2, 0) is 0 Å². The van der Waals surface area contributed by atoms with Crippen LogP contribution in [0.25, 0.3) is 0 Å². The third-order valence-corrected chi connectivity index (χ3v) is 3.82. The molecule has 7 heteroatoms. The fourth-order valence-corrected chi connectivity index (χ4v) is 2.52. The Morgan fingerprint density at radius 2 is 2.09 bits per heavy atom. The number of nitriles is 1. The van der Waals surface area contributed by atoms with Gasteiger partial charge in [-0.2, -0.15) is 5.26 Å². The second-order valence-electron chi connectivity index (χ2n) is 4.74. The number of halogens is 2. The highest BCUT2D eigenvalue weighted by Crippen LogP contribution is 2.22. The number of nitrogens with zero attached hydrogens (tertiary/aromatic N) is 3. The number of aromatic nitrogens is 1. The molecule has 0 atom stereocenters. The average molecular weight is 349 g/mol. The molecule has 0 spiro atoms. The summed E-state index contributed by atoms with van der Waals surface area (Å²) >= 11 is 12.1. The fourth-order valence-electron chi connectivity index (χ4n) is 2.02. The van der Waals surface area contributed by atoms with Crippen LogP contribution in [0.15, 0.2) is 30.3 Å². The third kappa shape index (κ3) is 3.73. The van der Waals surface area contributed by atoms with Crippen LogP contribution in [0.1, 0.15) is 28.4 Å². The maximum absolute atomic E-state index is 12.4. The average Bonchev–Trinajstić information content (AvgIpc) is 2.52. The molecule has 0 saturated heterocycles. The molecule has 0 radical (unpaired) electrons. The summed E-state index contributed by atoms with van der Waals surface area (Å²) < 4.78 is 0. The number of carbonyl (C=O) groups is 1. The highest BCUT2D eigenvalue weighted by Gasteiger charge is 2.16. The number of hydrogen-bond donors (Lipinski definition) is 1. The van der Waals surface area contributed by atoms with Crippen molar-refractivity contribution in [3.05, 3.63) is 57.2 Å². The van der Waals surface area contributed by atoms with Gasteiger partial charge in [0.15, 0.2) is 0 Å². The van der Waals surface area contributed by atoms with Gasteiger partial charge >= 0.3 is 0 Å². The van der Waals surface area contributed by atoms with Crippen LogP contribution in [0.5, 0.6) is 0 Å². The summed E-state index contributed by atoms with van der Waals surface area (Å²) in [6.45, 7) is 4.08. The van der Waals surface area contributed by atoms with E-state index in [1.165, 1.54) is 0 Å². The van der Waals surface area contributed by atoms with Crippen molar-refractivity contribution in [2.75, 3.05) is 11.6 Å². The van der Waals surface area contributed by atoms with Crippen molar-refractivity contribution in [3.8, 4) is 6.07 Å². The largest absolute Gasteiger partial charge is 0.271 e. The van der Waals surface area contributed by atoms with Gasteiger partial charge in [0.05, 0.1) is 16.1 Å². The van der Waals surface area contributed by atoms with E-state index in [-0.39, 0.29) is 11.1 Å². The lowest BCUT2D eigenvalue weighted by molar-refractivity contribution is 0.0949. The van der Waals surface area contributed by atoms with E-state index in [0.717, 1.165) is 0 Å². The number of aryl methyl sites for hydroxylation is 1. The van der Waals surface area contributed by atoms with Crippen LogP contribution in [0, 0.1) is 18.3 Å². The first-order valence-electron chi connectivity index (χ1n) is 6.88. The Morgan fingerprint density at radius 1 is 1.39 bits per heavy atom. The lowest BCUT2D eigenvalue weighted by atomic mass is 10.2. The van der Waals surface area contributed by atoms with Gasteiger partial charge in [0.25, 0.3) is 5.91 Å². The Kier molecular flexibility index (Phi) is 5.43. The molecule has 2 aromatic rings. The molecule has 0 bridgehead atoms. The number of amides is 1. The van der Waals surface area contributed by atoms with E-state index < -0.39 is 0 Å².